The fourth-order valence-corrected chi connectivity index (χ4v) is 4.34. The van der Waals surface area contributed by atoms with Gasteiger partial charge in [-0.1, -0.05) is 19.3 Å². The predicted molar refractivity (Wildman–Crippen MR) is 110 cm³/mol. The molecule has 1 aliphatic heterocycles. The van der Waals surface area contributed by atoms with Gasteiger partial charge in [0.05, 0.1) is 18.1 Å². The SMILES string of the molecule is COc1cc(C(=O)NC2CCN(C(=O)C3CCCCC3)CC2)c([N+](=O)[O-])cc1OC(F)F. The third kappa shape index (κ3) is 5.63. The van der Waals surface area contributed by atoms with Crippen LogP contribution in [0.5, 0.6) is 11.5 Å². The fourth-order valence-electron chi connectivity index (χ4n) is 4.34. The number of likely N-dealkylation sites (tertiary alicyclic amines) is 1. The highest BCUT2D eigenvalue weighted by molar-refractivity contribution is 5.99. The number of carbonyl (C=O) groups excluding carboxylic acids is 2. The van der Waals surface area contributed by atoms with Crippen molar-refractivity contribution >= 4 is 17.5 Å². The number of nitro benzene ring substituents is 1. The van der Waals surface area contributed by atoms with Crippen molar-refractivity contribution in [2.24, 2.45) is 5.92 Å². The highest BCUT2D eigenvalue weighted by Crippen LogP contribution is 2.36. The second-order valence-electron chi connectivity index (χ2n) is 8.06. The first kappa shape index (κ1) is 23.7. The molecule has 0 radical (unpaired) electrons. The van der Waals surface area contributed by atoms with E-state index in [1.165, 1.54) is 13.5 Å². The van der Waals surface area contributed by atoms with E-state index in [0.717, 1.165) is 37.8 Å². The summed E-state index contributed by atoms with van der Waals surface area (Å²) < 4.78 is 34.4. The Morgan fingerprint density at radius 3 is 2.34 bits per heavy atom. The van der Waals surface area contributed by atoms with Crippen LogP contribution >= 0.6 is 0 Å². The van der Waals surface area contributed by atoms with Crippen molar-refractivity contribution in [3.05, 3.63) is 27.8 Å². The largest absolute Gasteiger partial charge is 0.493 e. The van der Waals surface area contributed by atoms with Gasteiger partial charge < -0.3 is 19.7 Å². The maximum absolute atomic E-state index is 12.8. The normalized spacial score (nSPS) is 17.8. The summed E-state index contributed by atoms with van der Waals surface area (Å²) in [7, 11) is 1.18. The van der Waals surface area contributed by atoms with E-state index >= 15 is 0 Å². The van der Waals surface area contributed by atoms with E-state index in [1.54, 1.807) is 0 Å². The lowest BCUT2D eigenvalue weighted by atomic mass is 9.87. The number of benzene rings is 1. The number of nitrogens with one attached hydrogen (secondary N) is 1. The minimum absolute atomic E-state index is 0.0824. The summed E-state index contributed by atoms with van der Waals surface area (Å²) in [5.41, 5.74) is -0.974. The Hall–Kier alpha value is -2.98. The molecule has 0 spiro atoms. The maximum Gasteiger partial charge on any atom is 0.387 e. The van der Waals surface area contributed by atoms with Crippen molar-refractivity contribution in [3.63, 3.8) is 0 Å². The molecule has 1 aromatic carbocycles. The molecule has 1 saturated heterocycles. The molecule has 176 valence electrons. The minimum atomic E-state index is -3.20. The first-order valence-electron chi connectivity index (χ1n) is 10.7. The van der Waals surface area contributed by atoms with Crippen LogP contribution in [0, 0.1) is 16.0 Å². The third-order valence-corrected chi connectivity index (χ3v) is 6.04. The van der Waals surface area contributed by atoms with Crippen LogP contribution in [0.4, 0.5) is 14.5 Å². The van der Waals surface area contributed by atoms with Gasteiger partial charge in [0.2, 0.25) is 5.91 Å². The molecule has 9 nitrogen and oxygen atoms in total. The molecular formula is C21H27F2N3O6. The summed E-state index contributed by atoms with van der Waals surface area (Å²) in [5.74, 6) is -1.20. The van der Waals surface area contributed by atoms with Crippen molar-refractivity contribution in [2.75, 3.05) is 20.2 Å². The molecule has 0 bridgehead atoms. The molecule has 2 amide bonds. The molecule has 0 atom stereocenters. The van der Waals surface area contributed by atoms with Gasteiger partial charge in [0.25, 0.3) is 11.6 Å². The second kappa shape index (κ2) is 10.6. The molecule has 1 aromatic rings. The fraction of sp³-hybridized carbons (Fsp3) is 0.619. The average Bonchev–Trinajstić information content (AvgIpc) is 2.79. The summed E-state index contributed by atoms with van der Waals surface area (Å²) in [6, 6.07) is 1.51. The number of carbonyl (C=O) groups is 2. The molecule has 1 saturated carbocycles. The Bertz CT molecular complexity index is 852. The number of piperidine rings is 1. The summed E-state index contributed by atoms with van der Waals surface area (Å²) in [6.07, 6.45) is 6.23. The van der Waals surface area contributed by atoms with Gasteiger partial charge in [-0.25, -0.2) is 0 Å². The van der Waals surface area contributed by atoms with Crippen LogP contribution in [0.15, 0.2) is 12.1 Å². The number of rotatable bonds is 7. The number of ether oxygens (including phenoxy) is 2. The number of alkyl halides is 2. The highest BCUT2D eigenvalue weighted by atomic mass is 19.3. The van der Waals surface area contributed by atoms with Crippen molar-refractivity contribution < 1.29 is 32.8 Å². The molecule has 1 heterocycles. The van der Waals surface area contributed by atoms with Crippen LogP contribution in [0.3, 0.4) is 0 Å². The van der Waals surface area contributed by atoms with Gasteiger partial charge in [0, 0.05) is 31.1 Å². The monoisotopic (exact) mass is 455 g/mol. The van der Waals surface area contributed by atoms with Crippen molar-refractivity contribution in [1.29, 1.82) is 0 Å². The highest BCUT2D eigenvalue weighted by Gasteiger charge is 2.31. The number of nitro groups is 1. The van der Waals surface area contributed by atoms with E-state index in [-0.39, 0.29) is 29.2 Å². The molecule has 1 N–H and O–H groups in total. The van der Waals surface area contributed by atoms with E-state index in [4.69, 9.17) is 4.74 Å². The van der Waals surface area contributed by atoms with Crippen molar-refractivity contribution in [2.45, 2.75) is 57.6 Å². The lowest BCUT2D eigenvalue weighted by Gasteiger charge is -2.35. The number of amides is 2. The zero-order valence-electron chi connectivity index (χ0n) is 17.9. The van der Waals surface area contributed by atoms with Gasteiger partial charge in [-0.3, -0.25) is 19.7 Å². The third-order valence-electron chi connectivity index (χ3n) is 6.04. The zero-order chi connectivity index (χ0) is 23.3. The number of hydrogen-bond acceptors (Lipinski definition) is 6. The number of halogens is 2. The number of hydrogen-bond donors (Lipinski definition) is 1. The number of methoxy groups -OCH3 is 1. The summed E-state index contributed by atoms with van der Waals surface area (Å²) in [5, 5.41) is 14.2. The standard InChI is InChI=1S/C21H27F2N3O6/c1-31-17-11-15(16(26(29)30)12-18(17)32-21(22)23)19(27)24-14-7-9-25(10-8-14)20(28)13-5-3-2-4-6-13/h11-14,21H,2-10H2,1H3,(H,24,27). The lowest BCUT2D eigenvalue weighted by Crippen LogP contribution is -2.48. The molecule has 0 aromatic heterocycles. The van der Waals surface area contributed by atoms with Crippen LogP contribution in [0.2, 0.25) is 0 Å². The van der Waals surface area contributed by atoms with Gasteiger partial charge in [-0.15, -0.1) is 0 Å². The van der Waals surface area contributed by atoms with Crippen LogP contribution in [-0.2, 0) is 4.79 Å². The molecular weight excluding hydrogens is 428 g/mol. The van der Waals surface area contributed by atoms with Crippen LogP contribution < -0.4 is 14.8 Å². The van der Waals surface area contributed by atoms with E-state index in [9.17, 15) is 28.5 Å². The Morgan fingerprint density at radius 2 is 1.78 bits per heavy atom. The quantitative estimate of drug-likeness (QED) is 0.498. The Labute approximate surface area is 184 Å². The van der Waals surface area contributed by atoms with Crippen molar-refractivity contribution in [3.8, 4) is 11.5 Å². The molecule has 32 heavy (non-hydrogen) atoms. The molecule has 11 heteroatoms. The molecule has 0 unspecified atom stereocenters. The first-order chi connectivity index (χ1) is 15.3. The number of nitrogens with zero attached hydrogens (tertiary/aromatic N) is 2. The lowest BCUT2D eigenvalue weighted by molar-refractivity contribution is -0.385. The predicted octanol–water partition coefficient (Wildman–Crippen LogP) is 3.51. The van der Waals surface area contributed by atoms with Crippen LogP contribution in [0.25, 0.3) is 0 Å². The van der Waals surface area contributed by atoms with E-state index in [2.05, 4.69) is 10.1 Å². The van der Waals surface area contributed by atoms with Crippen LogP contribution in [-0.4, -0.2) is 54.5 Å². The van der Waals surface area contributed by atoms with Gasteiger partial charge in [-0.05, 0) is 25.7 Å². The van der Waals surface area contributed by atoms with Crippen molar-refractivity contribution in [1.82, 2.24) is 10.2 Å². The Kier molecular flexibility index (Phi) is 7.81. The smallest absolute Gasteiger partial charge is 0.387 e. The van der Waals surface area contributed by atoms with Crippen LogP contribution in [0.1, 0.15) is 55.3 Å². The minimum Gasteiger partial charge on any atom is -0.493 e. The molecule has 3 rings (SSSR count). The molecule has 2 fully saturated rings. The summed E-state index contributed by atoms with van der Waals surface area (Å²) in [6.45, 7) is -2.19. The first-order valence-corrected chi connectivity index (χ1v) is 10.7. The van der Waals surface area contributed by atoms with Gasteiger partial charge in [0.15, 0.2) is 11.5 Å². The van der Waals surface area contributed by atoms with Gasteiger partial charge in [-0.2, -0.15) is 8.78 Å². The van der Waals surface area contributed by atoms with E-state index in [1.807, 2.05) is 4.90 Å². The molecule has 2 aliphatic rings. The topological polar surface area (TPSA) is 111 Å². The Balaban J connectivity index is 1.65. The summed E-state index contributed by atoms with van der Waals surface area (Å²) in [4.78, 5) is 37.9. The van der Waals surface area contributed by atoms with E-state index < -0.39 is 28.9 Å². The van der Waals surface area contributed by atoms with E-state index in [0.29, 0.717) is 25.9 Å². The average molecular weight is 455 g/mol. The zero-order valence-corrected chi connectivity index (χ0v) is 17.9. The maximum atomic E-state index is 12.8. The van der Waals surface area contributed by atoms with Gasteiger partial charge >= 0.3 is 6.61 Å². The molecule has 1 aliphatic carbocycles. The Morgan fingerprint density at radius 1 is 1.12 bits per heavy atom. The second-order valence-corrected chi connectivity index (χ2v) is 8.06. The van der Waals surface area contributed by atoms with Gasteiger partial charge in [0.1, 0.15) is 5.56 Å². The summed E-state index contributed by atoms with van der Waals surface area (Å²) >= 11 is 0.